The number of benzene rings is 1. The zero-order valence-corrected chi connectivity index (χ0v) is 12.9. The maximum Gasteiger partial charge on any atom is 0.173 e. The number of amidine groups is 1. The maximum absolute atomic E-state index is 8.96. The number of nitrogens with zero attached hydrogens (tertiary/aromatic N) is 2. The summed E-state index contributed by atoms with van der Waals surface area (Å²) in [6, 6.07) is 5.92. The summed E-state index contributed by atoms with van der Waals surface area (Å²) in [6.45, 7) is 6.55. The van der Waals surface area contributed by atoms with Crippen molar-refractivity contribution >= 4 is 27.5 Å². The van der Waals surface area contributed by atoms with Gasteiger partial charge in [0.25, 0.3) is 0 Å². The summed E-state index contributed by atoms with van der Waals surface area (Å²) in [5.74, 6) is 1.46. The number of anilines is 1. The first-order valence-corrected chi connectivity index (χ1v) is 7.33. The molecule has 1 aliphatic rings. The van der Waals surface area contributed by atoms with Gasteiger partial charge in [-0.05, 0) is 46.3 Å². The molecule has 0 spiro atoms. The minimum atomic E-state index is 0.147. The standard InChI is InChI=1S/C14H20BrN3O/c1-9-6-10(2)8-18(7-9)12-5-3-4-11(15)13(12)14(16)17-19/h3-5,9-10,19H,6-8H2,1-2H3,(H2,16,17). The molecule has 4 nitrogen and oxygen atoms in total. The van der Waals surface area contributed by atoms with Crippen LogP contribution in [0.4, 0.5) is 5.69 Å². The van der Waals surface area contributed by atoms with Crippen molar-refractivity contribution in [2.24, 2.45) is 22.7 Å². The highest BCUT2D eigenvalue weighted by atomic mass is 79.9. The van der Waals surface area contributed by atoms with Crippen molar-refractivity contribution in [3.63, 3.8) is 0 Å². The molecule has 1 fully saturated rings. The van der Waals surface area contributed by atoms with Crippen LogP contribution in [0.15, 0.2) is 27.8 Å². The zero-order valence-electron chi connectivity index (χ0n) is 11.3. The van der Waals surface area contributed by atoms with E-state index >= 15 is 0 Å². The van der Waals surface area contributed by atoms with Crippen LogP contribution in [-0.2, 0) is 0 Å². The first-order chi connectivity index (χ1) is 9.02. The van der Waals surface area contributed by atoms with Gasteiger partial charge in [-0.25, -0.2) is 0 Å². The number of piperidine rings is 1. The molecule has 0 aliphatic carbocycles. The van der Waals surface area contributed by atoms with Crippen LogP contribution in [0, 0.1) is 11.8 Å². The number of halogens is 1. The van der Waals surface area contributed by atoms with E-state index in [1.54, 1.807) is 0 Å². The Morgan fingerprint density at radius 2 is 2.00 bits per heavy atom. The van der Waals surface area contributed by atoms with Crippen molar-refractivity contribution in [1.29, 1.82) is 0 Å². The number of nitrogens with two attached hydrogens (primary N) is 1. The van der Waals surface area contributed by atoms with Crippen LogP contribution in [-0.4, -0.2) is 24.1 Å². The highest BCUT2D eigenvalue weighted by molar-refractivity contribution is 9.10. The molecule has 1 saturated heterocycles. The second kappa shape index (κ2) is 5.82. The average molecular weight is 326 g/mol. The molecule has 2 atom stereocenters. The van der Waals surface area contributed by atoms with Crippen LogP contribution in [0.1, 0.15) is 25.8 Å². The van der Waals surface area contributed by atoms with E-state index < -0.39 is 0 Å². The van der Waals surface area contributed by atoms with E-state index in [9.17, 15) is 0 Å². The lowest BCUT2D eigenvalue weighted by atomic mass is 9.91. The Bertz CT molecular complexity index is 480. The lowest BCUT2D eigenvalue weighted by molar-refractivity contribution is 0.318. The van der Waals surface area contributed by atoms with E-state index in [-0.39, 0.29) is 5.84 Å². The highest BCUT2D eigenvalue weighted by Crippen LogP contribution is 2.32. The molecule has 0 saturated carbocycles. The fourth-order valence-corrected chi connectivity index (χ4v) is 3.50. The van der Waals surface area contributed by atoms with Gasteiger partial charge in [0.15, 0.2) is 5.84 Å². The SMILES string of the molecule is CC1CC(C)CN(c2cccc(Br)c2/C(N)=N/O)C1. The fourth-order valence-electron chi connectivity index (χ4n) is 2.94. The molecular formula is C14H20BrN3O. The smallest absolute Gasteiger partial charge is 0.173 e. The first-order valence-electron chi connectivity index (χ1n) is 6.54. The lowest BCUT2D eigenvalue weighted by Crippen LogP contribution is -2.39. The van der Waals surface area contributed by atoms with Gasteiger partial charge in [0.1, 0.15) is 0 Å². The third kappa shape index (κ3) is 3.03. The number of rotatable bonds is 2. The summed E-state index contributed by atoms with van der Waals surface area (Å²) in [7, 11) is 0. The van der Waals surface area contributed by atoms with Gasteiger partial charge in [0.05, 0.1) is 5.56 Å². The van der Waals surface area contributed by atoms with Gasteiger partial charge in [-0.2, -0.15) is 0 Å². The highest BCUT2D eigenvalue weighted by Gasteiger charge is 2.25. The van der Waals surface area contributed by atoms with E-state index in [0.717, 1.165) is 28.8 Å². The van der Waals surface area contributed by atoms with Crippen LogP contribution >= 0.6 is 15.9 Å². The molecule has 2 rings (SSSR count). The molecule has 1 aromatic carbocycles. The second-order valence-electron chi connectivity index (χ2n) is 5.47. The normalized spacial score (nSPS) is 24.6. The Balaban J connectivity index is 2.41. The molecule has 1 aliphatic heterocycles. The minimum Gasteiger partial charge on any atom is -0.409 e. The second-order valence-corrected chi connectivity index (χ2v) is 6.32. The van der Waals surface area contributed by atoms with Crippen molar-refractivity contribution in [2.75, 3.05) is 18.0 Å². The summed E-state index contributed by atoms with van der Waals surface area (Å²) in [5, 5.41) is 12.1. The summed E-state index contributed by atoms with van der Waals surface area (Å²) in [4.78, 5) is 2.33. The molecule has 5 heteroatoms. The summed E-state index contributed by atoms with van der Waals surface area (Å²) < 4.78 is 0.853. The van der Waals surface area contributed by atoms with Gasteiger partial charge in [-0.3, -0.25) is 0 Å². The van der Waals surface area contributed by atoms with Gasteiger partial charge in [0, 0.05) is 23.2 Å². The van der Waals surface area contributed by atoms with Crippen molar-refractivity contribution < 1.29 is 5.21 Å². The van der Waals surface area contributed by atoms with Gasteiger partial charge in [0.2, 0.25) is 0 Å². The quantitative estimate of drug-likeness (QED) is 0.380. The molecule has 104 valence electrons. The molecule has 0 bridgehead atoms. The third-order valence-electron chi connectivity index (χ3n) is 3.57. The summed E-state index contributed by atoms with van der Waals surface area (Å²) in [5.41, 5.74) is 7.62. The van der Waals surface area contributed by atoms with E-state index in [1.165, 1.54) is 6.42 Å². The Hall–Kier alpha value is -1.23. The molecule has 0 aromatic heterocycles. The van der Waals surface area contributed by atoms with E-state index in [2.05, 4.69) is 39.8 Å². The summed E-state index contributed by atoms with van der Waals surface area (Å²) in [6.07, 6.45) is 1.25. The van der Waals surface area contributed by atoms with E-state index in [4.69, 9.17) is 10.9 Å². The number of oxime groups is 1. The van der Waals surface area contributed by atoms with Crippen LogP contribution < -0.4 is 10.6 Å². The molecule has 0 amide bonds. The lowest BCUT2D eigenvalue weighted by Gasteiger charge is -2.37. The van der Waals surface area contributed by atoms with E-state index in [1.807, 2.05) is 18.2 Å². The van der Waals surface area contributed by atoms with Gasteiger partial charge in [-0.15, -0.1) is 0 Å². The maximum atomic E-state index is 8.96. The Morgan fingerprint density at radius 1 is 1.37 bits per heavy atom. The number of hydrogen-bond acceptors (Lipinski definition) is 3. The molecule has 1 heterocycles. The molecule has 1 aromatic rings. The molecule has 2 unspecified atom stereocenters. The Labute approximate surface area is 122 Å². The molecule has 3 N–H and O–H groups in total. The predicted octanol–water partition coefficient (Wildman–Crippen LogP) is 3.03. The topological polar surface area (TPSA) is 61.8 Å². The number of hydrogen-bond donors (Lipinski definition) is 2. The zero-order chi connectivity index (χ0) is 14.0. The average Bonchev–Trinajstić information content (AvgIpc) is 2.36. The first kappa shape index (κ1) is 14.2. The monoisotopic (exact) mass is 325 g/mol. The van der Waals surface area contributed by atoms with Crippen molar-refractivity contribution in [3.8, 4) is 0 Å². The largest absolute Gasteiger partial charge is 0.409 e. The van der Waals surface area contributed by atoms with Gasteiger partial charge in [-0.1, -0.05) is 25.1 Å². The van der Waals surface area contributed by atoms with Crippen LogP contribution in [0.25, 0.3) is 0 Å². The van der Waals surface area contributed by atoms with Crippen LogP contribution in [0.2, 0.25) is 0 Å². The Kier molecular flexibility index (Phi) is 4.34. The molecule has 0 radical (unpaired) electrons. The van der Waals surface area contributed by atoms with Crippen LogP contribution in [0.5, 0.6) is 0 Å². The minimum absolute atomic E-state index is 0.147. The van der Waals surface area contributed by atoms with Gasteiger partial charge >= 0.3 is 0 Å². The summed E-state index contributed by atoms with van der Waals surface area (Å²) >= 11 is 3.49. The van der Waals surface area contributed by atoms with Crippen molar-refractivity contribution in [2.45, 2.75) is 20.3 Å². The third-order valence-corrected chi connectivity index (χ3v) is 4.23. The van der Waals surface area contributed by atoms with Crippen molar-refractivity contribution in [1.82, 2.24) is 0 Å². The van der Waals surface area contributed by atoms with Crippen molar-refractivity contribution in [3.05, 3.63) is 28.2 Å². The Morgan fingerprint density at radius 3 is 2.58 bits per heavy atom. The van der Waals surface area contributed by atoms with Crippen LogP contribution in [0.3, 0.4) is 0 Å². The predicted molar refractivity (Wildman–Crippen MR) is 81.8 cm³/mol. The molecular weight excluding hydrogens is 306 g/mol. The fraction of sp³-hybridized carbons (Fsp3) is 0.500. The van der Waals surface area contributed by atoms with Gasteiger partial charge < -0.3 is 15.8 Å². The van der Waals surface area contributed by atoms with E-state index in [0.29, 0.717) is 11.8 Å². The molecule has 19 heavy (non-hydrogen) atoms.